The Morgan fingerprint density at radius 1 is 1.24 bits per heavy atom. The van der Waals surface area contributed by atoms with Crippen LogP contribution in [-0.2, 0) is 24.2 Å². The molecule has 2 aromatic carbocycles. The summed E-state index contributed by atoms with van der Waals surface area (Å²) in [7, 11) is 0. The van der Waals surface area contributed by atoms with Gasteiger partial charge in [-0.15, -0.1) is 0 Å². The second kappa shape index (κ2) is 8.20. The number of phenolic OH excluding ortho intramolecular Hbond substituents is 1. The first kappa shape index (κ1) is 21.5. The van der Waals surface area contributed by atoms with Crippen molar-refractivity contribution in [3.63, 3.8) is 0 Å². The number of fused-ring (bicyclic) bond motifs is 2. The third-order valence-corrected chi connectivity index (χ3v) is 6.73. The zero-order chi connectivity index (χ0) is 23.3. The lowest BCUT2D eigenvalue weighted by atomic mass is 9.95. The van der Waals surface area contributed by atoms with Crippen molar-refractivity contribution in [2.75, 3.05) is 5.43 Å². The SMILES string of the molecule is CCc1cc(O)ccc1-c1ccc2c(c1)NNC2c1nc2c([nH]1)CN(C(C)C)C(C(=O)O)C2. The zero-order valence-electron chi connectivity index (χ0n) is 19.0. The molecule has 5 N–H and O–H groups in total. The van der Waals surface area contributed by atoms with Crippen molar-refractivity contribution in [2.24, 2.45) is 0 Å². The van der Waals surface area contributed by atoms with Crippen LogP contribution in [0.3, 0.4) is 0 Å². The highest BCUT2D eigenvalue weighted by Gasteiger charge is 2.36. The lowest BCUT2D eigenvalue weighted by molar-refractivity contribution is -0.144. The van der Waals surface area contributed by atoms with Gasteiger partial charge < -0.3 is 20.6 Å². The predicted octanol–water partition coefficient (Wildman–Crippen LogP) is 3.58. The lowest BCUT2D eigenvalue weighted by Gasteiger charge is -2.35. The summed E-state index contributed by atoms with van der Waals surface area (Å²) >= 11 is 0. The number of benzene rings is 2. The van der Waals surface area contributed by atoms with E-state index in [0.717, 1.165) is 51.6 Å². The summed E-state index contributed by atoms with van der Waals surface area (Å²) in [4.78, 5) is 22.1. The third-order valence-electron chi connectivity index (χ3n) is 6.73. The Morgan fingerprint density at radius 3 is 2.79 bits per heavy atom. The van der Waals surface area contributed by atoms with Crippen molar-refractivity contribution in [3.8, 4) is 16.9 Å². The molecule has 0 bridgehead atoms. The fourth-order valence-corrected chi connectivity index (χ4v) is 4.95. The predicted molar refractivity (Wildman–Crippen MR) is 126 cm³/mol. The number of nitrogens with zero attached hydrogens (tertiary/aromatic N) is 2. The molecule has 0 fully saturated rings. The number of aryl methyl sites for hydroxylation is 1. The quantitative estimate of drug-likeness (QED) is 0.406. The summed E-state index contributed by atoms with van der Waals surface area (Å²) in [5.74, 6) is 0.255. The molecule has 0 saturated carbocycles. The molecular formula is C25H29N5O3. The minimum Gasteiger partial charge on any atom is -0.508 e. The third kappa shape index (κ3) is 3.75. The van der Waals surface area contributed by atoms with E-state index in [0.29, 0.717) is 13.0 Å². The average molecular weight is 448 g/mol. The Bertz CT molecular complexity index is 1220. The van der Waals surface area contributed by atoms with Gasteiger partial charge in [0, 0.05) is 24.6 Å². The van der Waals surface area contributed by atoms with Crippen LogP contribution in [0.15, 0.2) is 36.4 Å². The second-order valence-electron chi connectivity index (χ2n) is 9.07. The minimum atomic E-state index is -0.807. The molecule has 0 spiro atoms. The molecule has 5 rings (SSSR count). The van der Waals surface area contributed by atoms with Crippen LogP contribution in [0.25, 0.3) is 11.1 Å². The number of H-pyrrole nitrogens is 1. The standard InChI is InChI=1S/C25H29N5O3/c1-4-14-9-16(31)6-8-17(14)15-5-7-18-19(10-15)28-29-23(18)24-26-20-11-22(25(32)33)30(13(2)3)12-21(20)27-24/h5-10,13,22-23,28-29,31H,4,11-12H2,1-3H3,(H,26,27)(H,32,33). The molecule has 172 valence electrons. The molecule has 8 heteroatoms. The Hall–Kier alpha value is -3.36. The number of phenols is 1. The van der Waals surface area contributed by atoms with E-state index in [1.54, 1.807) is 6.07 Å². The number of aromatic hydroxyl groups is 1. The second-order valence-corrected chi connectivity index (χ2v) is 9.07. The van der Waals surface area contributed by atoms with Crippen LogP contribution in [0.2, 0.25) is 0 Å². The molecule has 2 unspecified atom stereocenters. The van der Waals surface area contributed by atoms with E-state index in [9.17, 15) is 15.0 Å². The summed E-state index contributed by atoms with van der Waals surface area (Å²) in [5, 5.41) is 19.5. The first-order valence-electron chi connectivity index (χ1n) is 11.4. The monoisotopic (exact) mass is 447 g/mol. The number of carboxylic acid groups (broad SMARTS) is 1. The van der Waals surface area contributed by atoms with E-state index in [-0.39, 0.29) is 17.8 Å². The maximum atomic E-state index is 11.8. The van der Waals surface area contributed by atoms with E-state index in [1.165, 1.54) is 0 Å². The topological polar surface area (TPSA) is 114 Å². The maximum Gasteiger partial charge on any atom is 0.321 e. The number of aliphatic carboxylic acids is 1. The number of hydrogen-bond acceptors (Lipinski definition) is 6. The van der Waals surface area contributed by atoms with E-state index >= 15 is 0 Å². The molecule has 0 aliphatic carbocycles. The summed E-state index contributed by atoms with van der Waals surface area (Å²) in [6, 6.07) is 11.2. The van der Waals surface area contributed by atoms with Crippen molar-refractivity contribution >= 4 is 11.7 Å². The molecule has 2 aliphatic rings. The molecule has 2 atom stereocenters. The van der Waals surface area contributed by atoms with Crippen LogP contribution in [-0.4, -0.2) is 43.1 Å². The van der Waals surface area contributed by atoms with Crippen LogP contribution in [0, 0.1) is 0 Å². The first-order valence-corrected chi connectivity index (χ1v) is 11.4. The highest BCUT2D eigenvalue weighted by molar-refractivity contribution is 5.75. The molecule has 33 heavy (non-hydrogen) atoms. The summed E-state index contributed by atoms with van der Waals surface area (Å²) < 4.78 is 0. The van der Waals surface area contributed by atoms with E-state index in [2.05, 4.69) is 41.0 Å². The zero-order valence-corrected chi connectivity index (χ0v) is 19.0. The van der Waals surface area contributed by atoms with Gasteiger partial charge in [0.1, 0.15) is 23.7 Å². The van der Waals surface area contributed by atoms with Gasteiger partial charge in [-0.25, -0.2) is 10.4 Å². The Balaban J connectivity index is 1.45. The van der Waals surface area contributed by atoms with E-state index in [4.69, 9.17) is 4.98 Å². The number of aromatic nitrogens is 2. The summed E-state index contributed by atoms with van der Waals surface area (Å²) in [5.41, 5.74) is 13.8. The van der Waals surface area contributed by atoms with Crippen molar-refractivity contribution in [2.45, 2.75) is 58.3 Å². The number of imidazole rings is 1. The van der Waals surface area contributed by atoms with Crippen molar-refractivity contribution in [1.82, 2.24) is 20.3 Å². The number of rotatable bonds is 5. The van der Waals surface area contributed by atoms with Gasteiger partial charge >= 0.3 is 5.97 Å². The fourth-order valence-electron chi connectivity index (χ4n) is 4.95. The molecule has 0 saturated heterocycles. The highest BCUT2D eigenvalue weighted by atomic mass is 16.4. The van der Waals surface area contributed by atoms with Crippen LogP contribution in [0.5, 0.6) is 5.75 Å². The molecule has 2 aliphatic heterocycles. The number of aromatic amines is 1. The van der Waals surface area contributed by atoms with Crippen molar-refractivity contribution < 1.29 is 15.0 Å². The number of nitrogens with one attached hydrogen (secondary N) is 3. The molecule has 1 aromatic heterocycles. The average Bonchev–Trinajstić information content (AvgIpc) is 3.40. The smallest absolute Gasteiger partial charge is 0.321 e. The molecule has 0 amide bonds. The van der Waals surface area contributed by atoms with Gasteiger partial charge in [-0.3, -0.25) is 9.69 Å². The van der Waals surface area contributed by atoms with Crippen molar-refractivity contribution in [3.05, 3.63) is 64.7 Å². The summed E-state index contributed by atoms with van der Waals surface area (Å²) in [6.45, 7) is 6.66. The van der Waals surface area contributed by atoms with Gasteiger partial charge in [0.05, 0.1) is 17.1 Å². The van der Waals surface area contributed by atoms with Crippen LogP contribution in [0.1, 0.15) is 55.2 Å². The molecule has 0 radical (unpaired) electrons. The van der Waals surface area contributed by atoms with Gasteiger partial charge in [-0.1, -0.05) is 25.1 Å². The highest BCUT2D eigenvalue weighted by Crippen LogP contribution is 2.37. The van der Waals surface area contributed by atoms with Gasteiger partial charge in [-0.05, 0) is 55.2 Å². The minimum absolute atomic E-state index is 0.129. The number of hydrogen-bond donors (Lipinski definition) is 5. The van der Waals surface area contributed by atoms with Gasteiger partial charge in [0.2, 0.25) is 0 Å². The van der Waals surface area contributed by atoms with E-state index < -0.39 is 12.0 Å². The normalized spacial score (nSPS) is 19.9. The first-order chi connectivity index (χ1) is 15.9. The number of carboxylic acids is 1. The van der Waals surface area contributed by atoms with Gasteiger partial charge in [-0.2, -0.15) is 0 Å². The summed E-state index contributed by atoms with van der Waals surface area (Å²) in [6.07, 6.45) is 1.23. The molecule has 3 aromatic rings. The van der Waals surface area contributed by atoms with Crippen LogP contribution < -0.4 is 10.9 Å². The van der Waals surface area contributed by atoms with Crippen molar-refractivity contribution in [1.29, 1.82) is 0 Å². The molecular weight excluding hydrogens is 418 g/mol. The Morgan fingerprint density at radius 2 is 2.06 bits per heavy atom. The Labute approximate surface area is 192 Å². The number of hydrazine groups is 1. The number of anilines is 1. The lowest BCUT2D eigenvalue weighted by Crippen LogP contribution is -2.48. The molecule has 3 heterocycles. The number of carbonyl (C=O) groups is 1. The largest absolute Gasteiger partial charge is 0.508 e. The Kier molecular flexibility index (Phi) is 5.34. The van der Waals surface area contributed by atoms with E-state index in [1.807, 2.05) is 30.9 Å². The van der Waals surface area contributed by atoms with Crippen LogP contribution in [0.4, 0.5) is 5.69 Å². The van der Waals surface area contributed by atoms with Gasteiger partial charge in [0.25, 0.3) is 0 Å². The van der Waals surface area contributed by atoms with Crippen LogP contribution >= 0.6 is 0 Å². The maximum absolute atomic E-state index is 11.8. The van der Waals surface area contributed by atoms with Gasteiger partial charge in [0.15, 0.2) is 0 Å². The fraction of sp³-hybridized carbons (Fsp3) is 0.360. The molecule has 8 nitrogen and oxygen atoms in total.